The number of halogens is 3. The summed E-state index contributed by atoms with van der Waals surface area (Å²) in [6.45, 7) is 0. The molecule has 0 aliphatic carbocycles. The number of pyridine rings is 1. The lowest BCUT2D eigenvalue weighted by Gasteiger charge is -2.18. The quantitative estimate of drug-likeness (QED) is 0.655. The molecule has 1 N–H and O–H groups in total. The van der Waals surface area contributed by atoms with Crippen LogP contribution in [-0.2, 0) is 4.74 Å². The number of carbonyl (C=O) groups excluding carboxylic acids is 1. The van der Waals surface area contributed by atoms with Crippen molar-refractivity contribution in [3.63, 3.8) is 0 Å². The van der Waals surface area contributed by atoms with E-state index < -0.39 is 35.7 Å². The zero-order valence-electron chi connectivity index (χ0n) is 14.8. The first kappa shape index (κ1) is 18.6. The van der Waals surface area contributed by atoms with E-state index in [1.807, 2.05) is 30.3 Å². The van der Waals surface area contributed by atoms with Gasteiger partial charge in [0, 0.05) is 16.7 Å². The minimum atomic E-state index is -1.25. The Hall–Kier alpha value is -3.79. The number of nitrogens with one attached hydrogen (secondary N) is 1. The second-order valence-corrected chi connectivity index (χ2v) is 6.32. The number of hydrogen-bond acceptors (Lipinski definition) is 3. The summed E-state index contributed by atoms with van der Waals surface area (Å²) in [7, 11) is 0. The van der Waals surface area contributed by atoms with Crippen molar-refractivity contribution >= 4 is 6.09 Å². The third-order valence-electron chi connectivity index (χ3n) is 4.40. The average Bonchev–Trinajstić information content (AvgIpc) is 3.11. The fraction of sp³-hybridized carbons (Fsp3) is 0.0909. The summed E-state index contributed by atoms with van der Waals surface area (Å²) < 4.78 is 47.4. The largest absolute Gasteiger partial charge is 0.439 e. The Bertz CT molecular complexity index is 1140. The summed E-state index contributed by atoms with van der Waals surface area (Å²) in [4.78, 5) is 15.7. The van der Waals surface area contributed by atoms with Gasteiger partial charge in [-0.3, -0.25) is 0 Å². The number of alkyl carbamates (subject to hydrolysis) is 1. The molecule has 1 saturated heterocycles. The highest BCUT2D eigenvalue weighted by atomic mass is 19.1. The Morgan fingerprint density at radius 2 is 1.72 bits per heavy atom. The van der Waals surface area contributed by atoms with Gasteiger partial charge in [0.25, 0.3) is 0 Å². The number of aromatic nitrogens is 1. The van der Waals surface area contributed by atoms with Gasteiger partial charge in [0.15, 0.2) is 6.10 Å². The lowest BCUT2D eigenvalue weighted by atomic mass is 9.95. The van der Waals surface area contributed by atoms with Gasteiger partial charge in [-0.05, 0) is 42.3 Å². The van der Waals surface area contributed by atoms with Crippen molar-refractivity contribution in [1.82, 2.24) is 10.3 Å². The van der Waals surface area contributed by atoms with Crippen molar-refractivity contribution < 1.29 is 22.7 Å². The van der Waals surface area contributed by atoms with E-state index in [1.54, 1.807) is 0 Å². The first-order chi connectivity index (χ1) is 14.0. The topological polar surface area (TPSA) is 51.2 Å². The SMILES string of the molecule is O=C1N[C@H](c2cc(C#Cc3ccccc3)ncc2F)[C@@H](c2cc(F)ccc2F)O1. The molecule has 1 fully saturated rings. The molecular formula is C22H13F3N2O2. The molecule has 0 radical (unpaired) electrons. The van der Waals surface area contributed by atoms with E-state index >= 15 is 0 Å². The maximum atomic E-state index is 14.5. The first-order valence-corrected chi connectivity index (χ1v) is 8.66. The van der Waals surface area contributed by atoms with E-state index in [-0.39, 0.29) is 16.8 Å². The molecule has 0 bridgehead atoms. The number of cyclic esters (lactones) is 1. The van der Waals surface area contributed by atoms with E-state index in [9.17, 15) is 18.0 Å². The molecule has 1 aromatic heterocycles. The second-order valence-electron chi connectivity index (χ2n) is 6.32. The zero-order valence-corrected chi connectivity index (χ0v) is 14.8. The second kappa shape index (κ2) is 7.68. The third-order valence-corrected chi connectivity index (χ3v) is 4.40. The van der Waals surface area contributed by atoms with Crippen LogP contribution in [-0.4, -0.2) is 11.1 Å². The summed E-state index contributed by atoms with van der Waals surface area (Å²) in [5.74, 6) is 3.53. The Balaban J connectivity index is 1.72. The summed E-state index contributed by atoms with van der Waals surface area (Å²) in [6.07, 6.45) is -1.14. The van der Waals surface area contributed by atoms with Gasteiger partial charge in [-0.15, -0.1) is 0 Å². The van der Waals surface area contributed by atoms with Crippen LogP contribution in [0.1, 0.15) is 34.5 Å². The predicted octanol–water partition coefficient (Wildman–Crippen LogP) is 4.42. The molecule has 29 heavy (non-hydrogen) atoms. The van der Waals surface area contributed by atoms with Crippen LogP contribution in [0.15, 0.2) is 60.8 Å². The normalized spacial score (nSPS) is 17.8. The molecule has 2 aromatic carbocycles. The highest BCUT2D eigenvalue weighted by Gasteiger charge is 2.39. The van der Waals surface area contributed by atoms with Crippen LogP contribution in [0.2, 0.25) is 0 Å². The minimum Gasteiger partial charge on any atom is -0.439 e. The van der Waals surface area contributed by atoms with Gasteiger partial charge in [-0.25, -0.2) is 22.9 Å². The Morgan fingerprint density at radius 1 is 0.931 bits per heavy atom. The van der Waals surface area contributed by atoms with Crippen molar-refractivity contribution in [2.75, 3.05) is 0 Å². The predicted molar refractivity (Wildman–Crippen MR) is 98.1 cm³/mol. The lowest BCUT2D eigenvalue weighted by molar-refractivity contribution is 0.129. The van der Waals surface area contributed by atoms with E-state index in [2.05, 4.69) is 22.1 Å². The standard InChI is InChI=1S/C22H13F3N2O2/c23-14-7-9-18(24)17(10-14)21-20(27-22(28)29-21)16-11-15(26-12-19(16)25)8-6-13-4-2-1-3-5-13/h1-5,7,9-12,20-21H,(H,27,28)/t20-,21-/m1/s1. The highest BCUT2D eigenvalue weighted by molar-refractivity contribution is 5.71. The summed E-state index contributed by atoms with van der Waals surface area (Å²) in [5.41, 5.74) is 0.820. The zero-order chi connectivity index (χ0) is 20.4. The maximum absolute atomic E-state index is 14.5. The summed E-state index contributed by atoms with van der Waals surface area (Å²) in [6, 6.07) is 12.2. The van der Waals surface area contributed by atoms with E-state index in [1.165, 1.54) is 6.07 Å². The summed E-state index contributed by atoms with van der Waals surface area (Å²) in [5, 5.41) is 2.44. The molecule has 1 aliphatic heterocycles. The van der Waals surface area contributed by atoms with Crippen molar-refractivity contribution in [3.05, 3.63) is 101 Å². The van der Waals surface area contributed by atoms with Gasteiger partial charge < -0.3 is 10.1 Å². The van der Waals surface area contributed by atoms with Gasteiger partial charge in [-0.1, -0.05) is 24.1 Å². The van der Waals surface area contributed by atoms with Crippen molar-refractivity contribution in [3.8, 4) is 11.8 Å². The fourth-order valence-electron chi connectivity index (χ4n) is 3.06. The molecule has 0 spiro atoms. The number of nitrogens with zero attached hydrogens (tertiary/aromatic N) is 1. The van der Waals surface area contributed by atoms with Crippen molar-refractivity contribution in [1.29, 1.82) is 0 Å². The molecule has 3 aromatic rings. The molecule has 1 aliphatic rings. The molecule has 1 amide bonds. The number of rotatable bonds is 2. The van der Waals surface area contributed by atoms with E-state index in [4.69, 9.17) is 4.74 Å². The van der Waals surface area contributed by atoms with Crippen LogP contribution in [0.3, 0.4) is 0 Å². The molecule has 2 heterocycles. The molecule has 4 rings (SSSR count). The van der Waals surface area contributed by atoms with Gasteiger partial charge in [0.05, 0.1) is 6.20 Å². The van der Waals surface area contributed by atoms with Gasteiger partial charge in [0.1, 0.15) is 29.2 Å². The number of benzene rings is 2. The molecule has 7 heteroatoms. The lowest BCUT2D eigenvalue weighted by Crippen LogP contribution is -2.21. The Labute approximate surface area is 164 Å². The van der Waals surface area contributed by atoms with Crippen LogP contribution < -0.4 is 5.32 Å². The fourth-order valence-corrected chi connectivity index (χ4v) is 3.06. The number of ether oxygens (including phenoxy) is 1. The van der Waals surface area contributed by atoms with Crippen LogP contribution in [0, 0.1) is 29.3 Å². The molecule has 0 unspecified atom stereocenters. The average molecular weight is 394 g/mol. The monoisotopic (exact) mass is 394 g/mol. The van der Waals surface area contributed by atoms with Crippen LogP contribution in [0.25, 0.3) is 0 Å². The number of amides is 1. The minimum absolute atomic E-state index is 0.0110. The molecular weight excluding hydrogens is 381 g/mol. The van der Waals surface area contributed by atoms with E-state index in [0.29, 0.717) is 0 Å². The number of carbonyl (C=O) groups is 1. The third kappa shape index (κ3) is 3.92. The van der Waals surface area contributed by atoms with Gasteiger partial charge in [-0.2, -0.15) is 0 Å². The molecule has 0 saturated carbocycles. The summed E-state index contributed by atoms with van der Waals surface area (Å²) >= 11 is 0. The van der Waals surface area contributed by atoms with Crippen LogP contribution in [0.5, 0.6) is 0 Å². The smallest absolute Gasteiger partial charge is 0.408 e. The van der Waals surface area contributed by atoms with Crippen molar-refractivity contribution in [2.24, 2.45) is 0 Å². The van der Waals surface area contributed by atoms with Crippen molar-refractivity contribution in [2.45, 2.75) is 12.1 Å². The maximum Gasteiger partial charge on any atom is 0.408 e. The molecule has 144 valence electrons. The Kier molecular flexibility index (Phi) is 4.92. The van der Waals surface area contributed by atoms with Crippen LogP contribution >= 0.6 is 0 Å². The van der Waals surface area contributed by atoms with Gasteiger partial charge in [0.2, 0.25) is 0 Å². The highest BCUT2D eigenvalue weighted by Crippen LogP contribution is 2.38. The first-order valence-electron chi connectivity index (χ1n) is 8.66. The van der Waals surface area contributed by atoms with Crippen LogP contribution in [0.4, 0.5) is 18.0 Å². The molecule has 2 atom stereocenters. The number of hydrogen-bond donors (Lipinski definition) is 1. The Morgan fingerprint density at radius 3 is 2.52 bits per heavy atom. The van der Waals surface area contributed by atoms with E-state index in [0.717, 1.165) is 30.0 Å². The molecule has 4 nitrogen and oxygen atoms in total. The van der Waals surface area contributed by atoms with Gasteiger partial charge >= 0.3 is 6.09 Å².